The van der Waals surface area contributed by atoms with Crippen LogP contribution in [0.1, 0.15) is 51.7 Å². The first kappa shape index (κ1) is 55.3. The molecule has 0 atom stereocenters. The molecule has 0 saturated carbocycles. The molecule has 0 aliphatic rings. The third kappa shape index (κ3) is 12.7. The zero-order valence-electron chi connectivity index (χ0n) is 42.9. The van der Waals surface area contributed by atoms with Crippen LogP contribution in [0.3, 0.4) is 0 Å². The molecule has 0 aliphatic carbocycles. The van der Waals surface area contributed by atoms with E-state index in [-0.39, 0.29) is 22.5 Å². The SMILES string of the molecule is CC(C)(CC=O)[c-]1[c-](P(c2ccccc2)c2ccccc2)[c-](P(c2ccccc2)c2ccccc2)[c-](P(c2ccccc2)c2ccccc2)[c-]1P(c1ccccc1)c1ccccc1.CC(C)(CC=O)[c-]1cccc1.[Fe]. The van der Waals surface area contributed by atoms with Gasteiger partial charge in [0.2, 0.25) is 0 Å². The number of aldehydes is 2. The Kier molecular flexibility index (Phi) is 19.3. The Morgan fingerprint density at radius 1 is 0.307 bits per heavy atom. The van der Waals surface area contributed by atoms with E-state index < -0.39 is 37.1 Å². The zero-order valence-corrected chi connectivity index (χ0v) is 47.6. The van der Waals surface area contributed by atoms with Gasteiger partial charge in [-0.05, 0) is 11.8 Å². The van der Waals surface area contributed by atoms with E-state index in [1.165, 1.54) is 74.8 Å². The molecule has 0 bridgehead atoms. The van der Waals surface area contributed by atoms with Crippen molar-refractivity contribution in [3.8, 4) is 0 Å². The van der Waals surface area contributed by atoms with Gasteiger partial charge in [-0.15, -0.1) is 0 Å². The molecule has 0 amide bonds. The molecule has 0 saturated heterocycles. The van der Waals surface area contributed by atoms with E-state index in [2.05, 4.69) is 282 Å². The van der Waals surface area contributed by atoms with Crippen LogP contribution in [0, 0.1) is 0 Å². The topological polar surface area (TPSA) is 34.1 Å². The van der Waals surface area contributed by atoms with Crippen LogP contribution in [-0.2, 0) is 37.5 Å². The summed E-state index contributed by atoms with van der Waals surface area (Å²) in [5, 5.41) is 16.1. The summed E-state index contributed by atoms with van der Waals surface area (Å²) in [5.41, 5.74) is 2.03. The van der Waals surface area contributed by atoms with E-state index in [4.69, 9.17) is 0 Å². The van der Waals surface area contributed by atoms with Crippen molar-refractivity contribution in [3.05, 3.63) is 278 Å². The van der Waals surface area contributed by atoms with Crippen molar-refractivity contribution < 1.29 is 26.7 Å². The van der Waals surface area contributed by atoms with Crippen LogP contribution < -0.4 is 63.7 Å². The molecule has 2 nitrogen and oxygen atoms in total. The Balaban J connectivity index is 0.000000555. The first-order valence-electron chi connectivity index (χ1n) is 25.3. The van der Waals surface area contributed by atoms with Crippen molar-refractivity contribution >= 4 is 108 Å². The van der Waals surface area contributed by atoms with Crippen LogP contribution in [0.5, 0.6) is 0 Å². The molecule has 0 aromatic heterocycles. The van der Waals surface area contributed by atoms with Crippen molar-refractivity contribution in [2.24, 2.45) is 0 Å². The number of carbonyl (C=O) groups excluding carboxylic acids is 2. The Morgan fingerprint density at radius 3 is 0.720 bits per heavy atom. The minimum atomic E-state index is -1.18. The molecule has 0 aliphatic heterocycles. The summed E-state index contributed by atoms with van der Waals surface area (Å²) in [6.45, 7) is 8.84. The molecular weight excluding hydrogens is 1030 g/mol. The number of hydrogen-bond donors (Lipinski definition) is 0. The van der Waals surface area contributed by atoms with Crippen molar-refractivity contribution in [3.63, 3.8) is 0 Å². The molecule has 0 N–H and O–H groups in total. The van der Waals surface area contributed by atoms with E-state index in [9.17, 15) is 9.59 Å². The normalized spacial score (nSPS) is 11.5. The molecule has 7 heteroatoms. The molecule has 75 heavy (non-hydrogen) atoms. The standard InChI is InChI=1S/C58H49OP4.C10H13O.Fe/c1-58(2,43-44-59)53-54(60(45-27-11-3-12-28-45)46-29-13-4-14-30-46)56(62(49-35-19-7-20-36-49)50-37-21-8-22-38-50)57(63(51-39-23-9-24-40-51)52-41-25-10-26-42-52)55(53)61(47-31-15-5-16-32-47)48-33-17-6-18-34-48;1-10(2,7-8-11)9-5-3-4-6-9;/h3-42,44H,43H2,1-2H3;3-6,8H,7H2,1-2H3;/q-5;-1;. The zero-order chi connectivity index (χ0) is 51.3. The minimum absolute atomic E-state index is 0. The molecule has 0 unspecified atom stereocenters. The van der Waals surface area contributed by atoms with Crippen LogP contribution in [0.4, 0.5) is 0 Å². The second-order valence-corrected chi connectivity index (χ2v) is 28.1. The first-order valence-corrected chi connectivity index (χ1v) is 30.7. The number of carbonyl (C=O) groups is 2. The monoisotopic (exact) mass is 1090 g/mol. The van der Waals surface area contributed by atoms with E-state index in [1.807, 2.05) is 12.1 Å². The van der Waals surface area contributed by atoms with Gasteiger partial charge in [0.25, 0.3) is 0 Å². The van der Waals surface area contributed by atoms with Crippen molar-refractivity contribution in [2.45, 2.75) is 51.4 Å². The van der Waals surface area contributed by atoms with E-state index in [0.717, 1.165) is 12.6 Å². The van der Waals surface area contributed by atoms with Gasteiger partial charge in [0, 0.05) is 23.5 Å². The van der Waals surface area contributed by atoms with Crippen molar-refractivity contribution in [2.75, 3.05) is 0 Å². The van der Waals surface area contributed by atoms with Crippen LogP contribution >= 0.6 is 31.7 Å². The molecule has 10 aromatic rings. The summed E-state index contributed by atoms with van der Waals surface area (Å²) in [7, 11) is -4.70. The average molecular weight is 1090 g/mol. The Labute approximate surface area is 460 Å². The fourth-order valence-corrected chi connectivity index (χ4v) is 22.1. The average Bonchev–Trinajstić information content (AvgIpc) is 4.12. The maximum Gasteiger partial charge on any atom is 0.119 e. The van der Waals surface area contributed by atoms with E-state index >= 15 is 0 Å². The van der Waals surface area contributed by atoms with Gasteiger partial charge >= 0.3 is 0 Å². The predicted octanol–water partition coefficient (Wildman–Crippen LogP) is 11.6. The van der Waals surface area contributed by atoms with Gasteiger partial charge in [-0.25, -0.2) is 43.8 Å². The Morgan fingerprint density at radius 2 is 0.507 bits per heavy atom. The molecular formula is C68H62FeO2P4-6. The summed E-state index contributed by atoms with van der Waals surface area (Å²) in [4.78, 5) is 23.6. The number of hydrogen-bond acceptors (Lipinski definition) is 2. The molecule has 0 spiro atoms. The van der Waals surface area contributed by atoms with E-state index in [0.29, 0.717) is 12.8 Å². The van der Waals surface area contributed by atoms with Crippen molar-refractivity contribution in [1.29, 1.82) is 0 Å². The maximum absolute atomic E-state index is 13.3. The predicted molar refractivity (Wildman–Crippen MR) is 326 cm³/mol. The summed E-state index contributed by atoms with van der Waals surface area (Å²) in [5.74, 6) is 0. The molecule has 0 radical (unpaired) electrons. The molecule has 0 heterocycles. The smallest absolute Gasteiger partial charge is 0.119 e. The van der Waals surface area contributed by atoms with E-state index in [1.54, 1.807) is 0 Å². The summed E-state index contributed by atoms with van der Waals surface area (Å²) in [6, 6.07) is 98.1. The van der Waals surface area contributed by atoms with Crippen LogP contribution in [0.2, 0.25) is 0 Å². The number of rotatable bonds is 18. The fraction of sp³-hybridized carbons (Fsp3) is 0.118. The summed E-state index contributed by atoms with van der Waals surface area (Å²) >= 11 is 0. The molecule has 10 aromatic carbocycles. The second-order valence-electron chi connectivity index (χ2n) is 19.5. The van der Waals surface area contributed by atoms with Gasteiger partial charge in [0.1, 0.15) is 12.6 Å². The first-order chi connectivity index (χ1) is 36.2. The minimum Gasteiger partial charge on any atom is -0.712 e. The van der Waals surface area contributed by atoms with Crippen LogP contribution in [0.15, 0.2) is 267 Å². The largest absolute Gasteiger partial charge is 0.712 e. The van der Waals surface area contributed by atoms with Gasteiger partial charge in [-0.1, -0.05) is 313 Å². The van der Waals surface area contributed by atoms with Gasteiger partial charge in [0.15, 0.2) is 0 Å². The van der Waals surface area contributed by atoms with Crippen molar-refractivity contribution in [1.82, 2.24) is 0 Å². The molecule has 380 valence electrons. The van der Waals surface area contributed by atoms with Gasteiger partial charge in [0.05, 0.1) is 0 Å². The Bertz CT molecular complexity index is 2950. The van der Waals surface area contributed by atoms with Gasteiger partial charge in [-0.2, -0.15) is 23.1 Å². The maximum atomic E-state index is 13.3. The third-order valence-corrected chi connectivity index (χ3v) is 24.1. The Hall–Kier alpha value is -5.96. The van der Waals surface area contributed by atoms with Crippen LogP contribution in [-0.4, -0.2) is 12.6 Å². The van der Waals surface area contributed by atoms with Crippen LogP contribution in [0.25, 0.3) is 0 Å². The third-order valence-electron chi connectivity index (χ3n) is 13.5. The quantitative estimate of drug-likeness (QED) is 0.0371. The fourth-order valence-electron chi connectivity index (χ4n) is 9.78. The molecule has 10 rings (SSSR count). The van der Waals surface area contributed by atoms with Gasteiger partial charge in [-0.3, -0.25) is 0 Å². The summed E-state index contributed by atoms with van der Waals surface area (Å²) in [6.07, 6.45) is 3.12. The number of benzene rings is 8. The second kappa shape index (κ2) is 26.2. The molecule has 0 fully saturated rings. The summed E-state index contributed by atoms with van der Waals surface area (Å²) < 4.78 is 0. The van der Waals surface area contributed by atoms with Gasteiger partial charge < -0.3 is 36.4 Å².